The lowest BCUT2D eigenvalue weighted by molar-refractivity contribution is -0.139. The topological polar surface area (TPSA) is 89.3 Å². The van der Waals surface area contributed by atoms with Crippen LogP contribution in [0.15, 0.2) is 66.1 Å². The van der Waals surface area contributed by atoms with E-state index >= 15 is 0 Å². The lowest BCUT2D eigenvalue weighted by Crippen LogP contribution is -2.41. The first-order valence-corrected chi connectivity index (χ1v) is 10.3. The Morgan fingerprint density at radius 2 is 1.85 bits per heavy atom. The number of aromatic nitrogens is 3. The molecule has 1 aromatic heterocycles. The number of nitrogens with zero attached hydrogens (tertiary/aromatic N) is 4. The number of halogens is 2. The number of benzene rings is 2. The Hall–Kier alpha value is -4.08. The van der Waals surface area contributed by atoms with Crippen molar-refractivity contribution in [2.24, 2.45) is 0 Å². The van der Waals surface area contributed by atoms with Crippen molar-refractivity contribution in [1.29, 1.82) is 0 Å². The van der Waals surface area contributed by atoms with Crippen LogP contribution >= 0.6 is 0 Å². The summed E-state index contributed by atoms with van der Waals surface area (Å²) in [5.41, 5.74) is 1.30. The summed E-state index contributed by atoms with van der Waals surface area (Å²) < 4.78 is 34.3. The second-order valence-corrected chi connectivity index (χ2v) is 7.29. The first-order valence-electron chi connectivity index (χ1n) is 10.3. The Morgan fingerprint density at radius 1 is 1.12 bits per heavy atom. The molecule has 0 fully saturated rings. The summed E-state index contributed by atoms with van der Waals surface area (Å²) in [4.78, 5) is 31.5. The summed E-state index contributed by atoms with van der Waals surface area (Å²) in [6.45, 7) is 3.24. The molecule has 1 aliphatic rings. The average Bonchev–Trinajstić information content (AvgIpc) is 3.27. The van der Waals surface area contributed by atoms with Crippen molar-refractivity contribution in [2.45, 2.75) is 19.9 Å². The van der Waals surface area contributed by atoms with Gasteiger partial charge in [0.1, 0.15) is 30.5 Å². The second kappa shape index (κ2) is 9.19. The van der Waals surface area contributed by atoms with Crippen molar-refractivity contribution in [2.75, 3.05) is 23.4 Å². The molecule has 1 N–H and O–H groups in total. The summed E-state index contributed by atoms with van der Waals surface area (Å²) in [5, 5.41) is 6.78. The molecule has 1 aliphatic heterocycles. The van der Waals surface area contributed by atoms with E-state index < -0.39 is 29.6 Å². The van der Waals surface area contributed by atoms with E-state index in [4.69, 9.17) is 4.74 Å². The molecule has 10 heteroatoms. The molecule has 1 atom stereocenters. The van der Waals surface area contributed by atoms with Gasteiger partial charge < -0.3 is 15.0 Å². The highest BCUT2D eigenvalue weighted by Crippen LogP contribution is 2.38. The van der Waals surface area contributed by atoms with Gasteiger partial charge >= 0.3 is 5.97 Å². The largest absolute Gasteiger partial charge is 0.463 e. The number of carbonyl (C=O) groups is 2. The van der Waals surface area contributed by atoms with Crippen molar-refractivity contribution in [3.63, 3.8) is 0 Å². The van der Waals surface area contributed by atoms with Crippen LogP contribution in [-0.2, 0) is 14.3 Å². The fourth-order valence-electron chi connectivity index (χ4n) is 3.74. The lowest BCUT2D eigenvalue weighted by Gasteiger charge is -2.35. The van der Waals surface area contributed by atoms with Gasteiger partial charge in [0.05, 0.1) is 17.9 Å². The zero-order valence-corrected chi connectivity index (χ0v) is 18.0. The number of para-hydroxylation sites is 1. The molecule has 0 unspecified atom stereocenters. The normalized spacial score (nSPS) is 15.3. The van der Waals surface area contributed by atoms with E-state index in [1.165, 1.54) is 46.2 Å². The number of carbonyl (C=O) groups excluding carboxylic acids is 2. The minimum absolute atomic E-state index is 0.0393. The summed E-state index contributed by atoms with van der Waals surface area (Å²) in [7, 11) is 0. The van der Waals surface area contributed by atoms with Gasteiger partial charge in [0.25, 0.3) is 0 Å². The number of hydrogen-bond donors (Lipinski definition) is 1. The van der Waals surface area contributed by atoms with Gasteiger partial charge in [-0.25, -0.2) is 18.3 Å². The highest BCUT2D eigenvalue weighted by atomic mass is 19.1. The maximum Gasteiger partial charge on any atom is 0.338 e. The first-order chi connectivity index (χ1) is 15.9. The molecule has 0 saturated carbocycles. The predicted octanol–water partition coefficient (Wildman–Crippen LogP) is 3.44. The number of hydrogen-bond acceptors (Lipinski definition) is 6. The van der Waals surface area contributed by atoms with E-state index in [2.05, 4.69) is 15.4 Å². The van der Waals surface area contributed by atoms with Crippen LogP contribution in [-0.4, -0.2) is 39.8 Å². The minimum Gasteiger partial charge on any atom is -0.463 e. The summed E-state index contributed by atoms with van der Waals surface area (Å²) in [6, 6.07) is 10.8. The van der Waals surface area contributed by atoms with Crippen molar-refractivity contribution in [3.05, 3.63) is 83.3 Å². The summed E-state index contributed by atoms with van der Waals surface area (Å²) in [6.07, 6.45) is 1.30. The molecule has 33 heavy (non-hydrogen) atoms. The van der Waals surface area contributed by atoms with Crippen LogP contribution in [0.3, 0.4) is 0 Å². The Kier molecular flexibility index (Phi) is 6.16. The second-order valence-electron chi connectivity index (χ2n) is 7.29. The molecule has 3 aromatic rings. The van der Waals surface area contributed by atoms with E-state index in [0.29, 0.717) is 17.2 Å². The SMILES string of the molecule is CCOC(=O)C1=C(C)N(CC(=O)Nc2ccccc2F)c2ncnn2[C@@H]1c1ccc(F)cc1. The fraction of sp³-hybridized carbons (Fsp3) is 0.217. The molecule has 0 aliphatic carbocycles. The van der Waals surface area contributed by atoms with Gasteiger partial charge in [-0.15, -0.1) is 0 Å². The standard InChI is InChI=1S/C23H21F2N5O3/c1-3-33-22(32)20-14(2)29(12-19(31)28-18-7-5-4-6-17(18)25)23-26-13-27-30(23)21(20)15-8-10-16(24)11-9-15/h4-11,13,21H,3,12H2,1-2H3,(H,28,31)/t21-/m1/s1. The highest BCUT2D eigenvalue weighted by Gasteiger charge is 2.38. The third-order valence-corrected chi connectivity index (χ3v) is 5.24. The van der Waals surface area contributed by atoms with Gasteiger partial charge in [-0.05, 0) is 43.7 Å². The quantitative estimate of drug-likeness (QED) is 0.575. The monoisotopic (exact) mass is 453 g/mol. The smallest absolute Gasteiger partial charge is 0.338 e. The molecule has 2 aromatic carbocycles. The number of allylic oxidation sites excluding steroid dienone is 1. The number of fused-ring (bicyclic) bond motifs is 1. The van der Waals surface area contributed by atoms with E-state index in [-0.39, 0.29) is 24.4 Å². The van der Waals surface area contributed by atoms with Gasteiger partial charge in [0.2, 0.25) is 11.9 Å². The third-order valence-electron chi connectivity index (χ3n) is 5.24. The number of rotatable bonds is 6. The Bertz CT molecular complexity index is 1220. The molecule has 0 saturated heterocycles. The van der Waals surface area contributed by atoms with Gasteiger partial charge in [-0.3, -0.25) is 4.79 Å². The fourth-order valence-corrected chi connectivity index (χ4v) is 3.74. The molecule has 2 heterocycles. The Morgan fingerprint density at radius 3 is 2.55 bits per heavy atom. The number of esters is 1. The molecule has 4 rings (SSSR count). The van der Waals surface area contributed by atoms with Crippen LogP contribution in [0.4, 0.5) is 20.4 Å². The summed E-state index contributed by atoms with van der Waals surface area (Å²) >= 11 is 0. The summed E-state index contributed by atoms with van der Waals surface area (Å²) in [5.74, 6) is -1.79. The van der Waals surface area contributed by atoms with Gasteiger partial charge in [0, 0.05) is 5.70 Å². The maximum atomic E-state index is 14.0. The minimum atomic E-state index is -0.729. The Balaban J connectivity index is 1.74. The van der Waals surface area contributed by atoms with E-state index in [1.807, 2.05) is 0 Å². The number of anilines is 2. The number of amides is 1. The van der Waals surface area contributed by atoms with Crippen LogP contribution < -0.4 is 10.2 Å². The van der Waals surface area contributed by atoms with Crippen molar-refractivity contribution in [3.8, 4) is 0 Å². The number of nitrogens with one attached hydrogen (secondary N) is 1. The van der Waals surface area contributed by atoms with Crippen LogP contribution in [0.1, 0.15) is 25.5 Å². The van der Waals surface area contributed by atoms with Gasteiger partial charge in [-0.1, -0.05) is 24.3 Å². The molecule has 0 spiro atoms. The van der Waals surface area contributed by atoms with Crippen LogP contribution in [0, 0.1) is 11.6 Å². The van der Waals surface area contributed by atoms with Crippen LogP contribution in [0.5, 0.6) is 0 Å². The molecule has 8 nitrogen and oxygen atoms in total. The molecule has 0 bridgehead atoms. The third kappa shape index (κ3) is 4.32. The Labute approximate surface area is 188 Å². The molecule has 0 radical (unpaired) electrons. The molecular weight excluding hydrogens is 432 g/mol. The molecule has 170 valence electrons. The van der Waals surface area contributed by atoms with E-state index in [1.54, 1.807) is 32.0 Å². The number of ether oxygens (including phenoxy) is 1. The van der Waals surface area contributed by atoms with Gasteiger partial charge in [-0.2, -0.15) is 10.1 Å². The average molecular weight is 453 g/mol. The van der Waals surface area contributed by atoms with E-state index in [9.17, 15) is 18.4 Å². The zero-order valence-electron chi connectivity index (χ0n) is 18.0. The first kappa shape index (κ1) is 22.1. The predicted molar refractivity (Wildman–Crippen MR) is 116 cm³/mol. The maximum absolute atomic E-state index is 14.0. The highest BCUT2D eigenvalue weighted by molar-refractivity contribution is 5.96. The molecule has 1 amide bonds. The van der Waals surface area contributed by atoms with E-state index in [0.717, 1.165) is 0 Å². The van der Waals surface area contributed by atoms with Crippen molar-refractivity contribution in [1.82, 2.24) is 14.8 Å². The van der Waals surface area contributed by atoms with Gasteiger partial charge in [0.15, 0.2) is 0 Å². The van der Waals surface area contributed by atoms with Crippen molar-refractivity contribution < 1.29 is 23.1 Å². The zero-order chi connectivity index (χ0) is 23.5. The lowest BCUT2D eigenvalue weighted by atomic mass is 9.95. The van der Waals surface area contributed by atoms with Crippen molar-refractivity contribution >= 4 is 23.5 Å². The van der Waals surface area contributed by atoms with Crippen LogP contribution in [0.25, 0.3) is 0 Å². The molecular formula is C23H21F2N5O3. The van der Waals surface area contributed by atoms with Crippen LogP contribution in [0.2, 0.25) is 0 Å².